The van der Waals surface area contributed by atoms with Crippen LogP contribution in [0.3, 0.4) is 0 Å². The minimum atomic E-state index is -0.674. The Bertz CT molecular complexity index is 543. The molecule has 110 valence electrons. The maximum Gasteiger partial charge on any atom is 0.274 e. The van der Waals surface area contributed by atoms with Crippen molar-refractivity contribution in [2.45, 2.75) is 19.4 Å². The van der Waals surface area contributed by atoms with E-state index in [0.29, 0.717) is 23.8 Å². The van der Waals surface area contributed by atoms with E-state index in [0.717, 1.165) is 0 Å². The van der Waals surface area contributed by atoms with Gasteiger partial charge in [0, 0.05) is 26.7 Å². The van der Waals surface area contributed by atoms with Crippen molar-refractivity contribution in [3.8, 4) is 0 Å². The second kappa shape index (κ2) is 5.80. The predicted octanol–water partition coefficient (Wildman–Crippen LogP) is -0.295. The molecule has 2 amide bonds. The predicted molar refractivity (Wildman–Crippen MR) is 72.5 cm³/mol. The molecule has 0 radical (unpaired) electrons. The number of piperazine rings is 1. The highest BCUT2D eigenvalue weighted by atomic mass is 35.5. The fourth-order valence-corrected chi connectivity index (χ4v) is 2.61. The Labute approximate surface area is 121 Å². The molecule has 1 atom stereocenters. The summed E-state index contributed by atoms with van der Waals surface area (Å²) < 4.78 is 1.42. The van der Waals surface area contributed by atoms with Gasteiger partial charge >= 0.3 is 0 Å². The molecule has 1 unspecified atom stereocenters. The van der Waals surface area contributed by atoms with Crippen LogP contribution in [0.25, 0.3) is 0 Å². The molecule has 1 aliphatic rings. The summed E-state index contributed by atoms with van der Waals surface area (Å²) in [7, 11) is 1.64. The molecule has 1 aromatic rings. The molecule has 1 saturated heterocycles. The molecule has 7 nitrogen and oxygen atoms in total. The van der Waals surface area contributed by atoms with E-state index >= 15 is 0 Å². The van der Waals surface area contributed by atoms with Gasteiger partial charge < -0.3 is 15.3 Å². The number of nitrogens with zero attached hydrogens (tertiary/aromatic N) is 3. The quantitative estimate of drug-likeness (QED) is 0.803. The van der Waals surface area contributed by atoms with E-state index in [1.54, 1.807) is 14.0 Å². The first-order valence-corrected chi connectivity index (χ1v) is 6.73. The zero-order valence-corrected chi connectivity index (χ0v) is 12.1. The van der Waals surface area contributed by atoms with Gasteiger partial charge in [0.05, 0.1) is 10.7 Å². The third-order valence-corrected chi connectivity index (χ3v) is 3.80. The first kappa shape index (κ1) is 14.8. The fraction of sp³-hybridized carbons (Fsp3) is 0.583. The number of aromatic nitrogens is 2. The average molecular weight is 301 g/mol. The van der Waals surface area contributed by atoms with Gasteiger partial charge in [0.25, 0.3) is 5.91 Å². The monoisotopic (exact) mass is 300 g/mol. The second-order valence-electron chi connectivity index (χ2n) is 4.69. The molecular formula is C12H17ClN4O3. The van der Waals surface area contributed by atoms with Gasteiger partial charge in [-0.25, -0.2) is 0 Å². The Morgan fingerprint density at radius 3 is 2.85 bits per heavy atom. The van der Waals surface area contributed by atoms with Crippen molar-refractivity contribution in [3.63, 3.8) is 0 Å². The lowest BCUT2D eigenvalue weighted by Gasteiger charge is -2.34. The van der Waals surface area contributed by atoms with Crippen LogP contribution in [0.4, 0.5) is 0 Å². The first-order chi connectivity index (χ1) is 9.47. The van der Waals surface area contributed by atoms with E-state index in [4.69, 9.17) is 16.7 Å². The number of carbonyl (C=O) groups excluding carboxylic acids is 2. The molecule has 20 heavy (non-hydrogen) atoms. The highest BCUT2D eigenvalue weighted by Gasteiger charge is 2.35. The summed E-state index contributed by atoms with van der Waals surface area (Å²) in [4.78, 5) is 25.9. The van der Waals surface area contributed by atoms with E-state index in [-0.39, 0.29) is 30.5 Å². The van der Waals surface area contributed by atoms with Crippen LogP contribution in [-0.4, -0.2) is 57.3 Å². The molecule has 0 bridgehead atoms. The zero-order chi connectivity index (χ0) is 14.9. The zero-order valence-electron chi connectivity index (χ0n) is 11.4. The van der Waals surface area contributed by atoms with Gasteiger partial charge in [0.15, 0.2) is 0 Å². The second-order valence-corrected chi connectivity index (χ2v) is 5.07. The Kier molecular flexibility index (Phi) is 4.29. The molecular weight excluding hydrogens is 284 g/mol. The molecule has 2 rings (SSSR count). The van der Waals surface area contributed by atoms with Crippen molar-refractivity contribution in [1.82, 2.24) is 20.0 Å². The lowest BCUT2D eigenvalue weighted by Crippen LogP contribution is -2.57. The van der Waals surface area contributed by atoms with Gasteiger partial charge in [-0.1, -0.05) is 11.6 Å². The molecule has 0 aromatic carbocycles. The summed E-state index contributed by atoms with van der Waals surface area (Å²) in [5.41, 5.74) is 0.833. The van der Waals surface area contributed by atoms with Crippen LogP contribution in [0, 0.1) is 6.92 Å². The van der Waals surface area contributed by atoms with Gasteiger partial charge in [0.2, 0.25) is 5.91 Å². The van der Waals surface area contributed by atoms with Gasteiger partial charge in [-0.05, 0) is 13.3 Å². The molecule has 2 N–H and O–H groups in total. The molecule has 2 heterocycles. The average Bonchev–Trinajstić information content (AvgIpc) is 2.65. The van der Waals surface area contributed by atoms with E-state index in [1.165, 1.54) is 9.58 Å². The van der Waals surface area contributed by atoms with Crippen molar-refractivity contribution >= 4 is 23.4 Å². The number of nitrogens with one attached hydrogen (secondary N) is 1. The van der Waals surface area contributed by atoms with Crippen LogP contribution in [0.5, 0.6) is 0 Å². The Morgan fingerprint density at radius 2 is 2.30 bits per heavy atom. The number of hydrogen-bond donors (Lipinski definition) is 2. The van der Waals surface area contributed by atoms with E-state index < -0.39 is 6.04 Å². The molecule has 0 saturated carbocycles. The highest BCUT2D eigenvalue weighted by molar-refractivity contribution is 6.34. The van der Waals surface area contributed by atoms with Gasteiger partial charge in [0.1, 0.15) is 11.7 Å². The molecule has 1 fully saturated rings. The number of rotatable bonds is 3. The molecule has 0 aliphatic carbocycles. The van der Waals surface area contributed by atoms with Crippen LogP contribution in [0.1, 0.15) is 22.6 Å². The standard InChI is InChI=1S/C12H17ClN4O3/c1-7-9(13)10(16(2)15-7)12(20)17-5-4-14-11(19)8(17)3-6-18/h8,18H,3-6H2,1-2H3,(H,14,19). The summed E-state index contributed by atoms with van der Waals surface area (Å²) in [6.45, 7) is 2.32. The number of aliphatic hydroxyl groups is 1. The van der Waals surface area contributed by atoms with Crippen LogP contribution in [0.15, 0.2) is 0 Å². The Balaban J connectivity index is 2.32. The topological polar surface area (TPSA) is 87.5 Å². The minimum Gasteiger partial charge on any atom is -0.396 e. The first-order valence-electron chi connectivity index (χ1n) is 6.36. The maximum absolute atomic E-state index is 12.6. The normalized spacial score (nSPS) is 19.1. The van der Waals surface area contributed by atoms with Crippen molar-refractivity contribution in [1.29, 1.82) is 0 Å². The summed E-state index contributed by atoms with van der Waals surface area (Å²) in [5.74, 6) is -0.597. The van der Waals surface area contributed by atoms with Crippen molar-refractivity contribution in [2.75, 3.05) is 19.7 Å². The number of halogens is 1. The summed E-state index contributed by atoms with van der Waals surface area (Å²) in [6, 6.07) is -0.674. The number of aryl methyl sites for hydroxylation is 2. The number of hydrogen-bond acceptors (Lipinski definition) is 4. The third-order valence-electron chi connectivity index (χ3n) is 3.35. The number of amides is 2. The minimum absolute atomic E-state index is 0.167. The molecule has 1 aliphatic heterocycles. The van der Waals surface area contributed by atoms with Crippen LogP contribution < -0.4 is 5.32 Å². The van der Waals surface area contributed by atoms with Crippen molar-refractivity contribution in [3.05, 3.63) is 16.4 Å². The maximum atomic E-state index is 12.6. The van der Waals surface area contributed by atoms with E-state index in [2.05, 4.69) is 10.4 Å². The van der Waals surface area contributed by atoms with Crippen LogP contribution >= 0.6 is 11.6 Å². The lowest BCUT2D eigenvalue weighted by molar-refractivity contribution is -0.128. The van der Waals surface area contributed by atoms with Crippen molar-refractivity contribution < 1.29 is 14.7 Å². The summed E-state index contributed by atoms with van der Waals surface area (Å²) >= 11 is 6.11. The molecule has 1 aromatic heterocycles. The largest absolute Gasteiger partial charge is 0.396 e. The van der Waals surface area contributed by atoms with Gasteiger partial charge in [-0.3, -0.25) is 14.3 Å². The molecule has 0 spiro atoms. The Morgan fingerprint density at radius 1 is 1.60 bits per heavy atom. The smallest absolute Gasteiger partial charge is 0.274 e. The van der Waals surface area contributed by atoms with Crippen LogP contribution in [-0.2, 0) is 11.8 Å². The van der Waals surface area contributed by atoms with Crippen LogP contribution in [0.2, 0.25) is 5.02 Å². The highest BCUT2D eigenvalue weighted by Crippen LogP contribution is 2.23. The Hall–Kier alpha value is -1.60. The SMILES string of the molecule is Cc1nn(C)c(C(=O)N2CCNC(=O)C2CCO)c1Cl. The van der Waals surface area contributed by atoms with E-state index in [9.17, 15) is 9.59 Å². The summed E-state index contributed by atoms with van der Waals surface area (Å²) in [5, 5.41) is 16.1. The van der Waals surface area contributed by atoms with Crippen molar-refractivity contribution in [2.24, 2.45) is 7.05 Å². The fourth-order valence-electron chi connectivity index (χ4n) is 2.37. The lowest BCUT2D eigenvalue weighted by atomic mass is 10.1. The summed E-state index contributed by atoms with van der Waals surface area (Å²) in [6.07, 6.45) is 0.200. The van der Waals surface area contributed by atoms with Gasteiger partial charge in [-0.15, -0.1) is 0 Å². The number of carbonyl (C=O) groups is 2. The number of aliphatic hydroxyl groups excluding tert-OH is 1. The van der Waals surface area contributed by atoms with Gasteiger partial charge in [-0.2, -0.15) is 5.10 Å². The van der Waals surface area contributed by atoms with E-state index in [1.807, 2.05) is 0 Å². The third kappa shape index (κ3) is 2.51. The molecule has 8 heteroatoms.